The molecule has 0 aliphatic heterocycles. The van der Waals surface area contributed by atoms with Crippen molar-refractivity contribution in [3.05, 3.63) is 0 Å². The number of aliphatic hydroxyl groups is 1. The van der Waals surface area contributed by atoms with Crippen molar-refractivity contribution in [2.75, 3.05) is 6.61 Å². The minimum absolute atomic E-state index is 0.0339. The molecule has 0 radical (unpaired) electrons. The Hall–Kier alpha value is -0.610. The number of carboxylic acids is 1. The highest BCUT2D eigenvalue weighted by molar-refractivity contribution is 5.67. The molecule has 2 N–H and O–H groups in total. The summed E-state index contributed by atoms with van der Waals surface area (Å²) in [5.74, 6) is -0.880. The zero-order valence-electron chi connectivity index (χ0n) is 9.28. The van der Waals surface area contributed by atoms with E-state index in [0.717, 1.165) is 0 Å². The SMILES string of the molecule is C[C@@H](CO)OC(CC(=O)O)C(C)(C)C. The van der Waals surface area contributed by atoms with Crippen LogP contribution in [0.5, 0.6) is 0 Å². The van der Waals surface area contributed by atoms with Crippen molar-refractivity contribution in [3.8, 4) is 0 Å². The average Bonchev–Trinajstić information content (AvgIpc) is 2.00. The second kappa shape index (κ2) is 5.32. The van der Waals surface area contributed by atoms with E-state index >= 15 is 0 Å². The van der Waals surface area contributed by atoms with Crippen molar-refractivity contribution >= 4 is 5.97 Å². The van der Waals surface area contributed by atoms with Gasteiger partial charge in [-0.2, -0.15) is 0 Å². The minimum Gasteiger partial charge on any atom is -0.481 e. The fourth-order valence-electron chi connectivity index (χ4n) is 1.04. The lowest BCUT2D eigenvalue weighted by molar-refractivity contribution is -0.146. The molecule has 0 aliphatic rings. The summed E-state index contributed by atoms with van der Waals surface area (Å²) in [7, 11) is 0. The van der Waals surface area contributed by atoms with Crippen LogP contribution in [-0.4, -0.2) is 35.0 Å². The third kappa shape index (κ3) is 5.19. The van der Waals surface area contributed by atoms with Crippen molar-refractivity contribution in [2.45, 2.75) is 46.3 Å². The molecule has 0 aromatic rings. The molecule has 4 nitrogen and oxygen atoms in total. The molecule has 0 spiro atoms. The molecule has 2 atom stereocenters. The van der Waals surface area contributed by atoms with E-state index < -0.39 is 5.97 Å². The Balaban J connectivity index is 4.33. The number of ether oxygens (including phenoxy) is 1. The predicted octanol–water partition coefficient (Wildman–Crippen LogP) is 1.27. The first-order valence-corrected chi connectivity index (χ1v) is 4.75. The molecule has 0 saturated carbocycles. The van der Waals surface area contributed by atoms with E-state index in [0.29, 0.717) is 0 Å². The lowest BCUT2D eigenvalue weighted by atomic mass is 9.87. The van der Waals surface area contributed by atoms with Gasteiger partial charge < -0.3 is 14.9 Å². The average molecular weight is 204 g/mol. The van der Waals surface area contributed by atoms with E-state index in [1.54, 1.807) is 6.92 Å². The maximum absolute atomic E-state index is 10.6. The van der Waals surface area contributed by atoms with Gasteiger partial charge in [0, 0.05) is 0 Å². The number of carboxylic acid groups (broad SMARTS) is 1. The first-order valence-electron chi connectivity index (χ1n) is 4.75. The van der Waals surface area contributed by atoms with Gasteiger partial charge in [0.15, 0.2) is 0 Å². The third-order valence-electron chi connectivity index (χ3n) is 1.98. The molecule has 4 heteroatoms. The van der Waals surface area contributed by atoms with Crippen molar-refractivity contribution in [2.24, 2.45) is 5.41 Å². The maximum atomic E-state index is 10.6. The number of aliphatic carboxylic acids is 1. The molecule has 0 heterocycles. The Kier molecular flexibility index (Phi) is 5.08. The highest BCUT2D eigenvalue weighted by Gasteiger charge is 2.29. The van der Waals surface area contributed by atoms with Gasteiger partial charge in [0.1, 0.15) is 0 Å². The van der Waals surface area contributed by atoms with Gasteiger partial charge >= 0.3 is 5.97 Å². The summed E-state index contributed by atoms with van der Waals surface area (Å²) in [6.45, 7) is 7.40. The first kappa shape index (κ1) is 13.4. The van der Waals surface area contributed by atoms with Crippen LogP contribution in [0.4, 0.5) is 0 Å². The van der Waals surface area contributed by atoms with Crippen LogP contribution in [0, 0.1) is 5.41 Å². The Labute approximate surface area is 84.9 Å². The van der Waals surface area contributed by atoms with Crippen LogP contribution in [0.1, 0.15) is 34.1 Å². The fourth-order valence-corrected chi connectivity index (χ4v) is 1.04. The number of hydrogen-bond acceptors (Lipinski definition) is 3. The van der Waals surface area contributed by atoms with Gasteiger partial charge in [-0.05, 0) is 12.3 Å². The maximum Gasteiger partial charge on any atom is 0.306 e. The lowest BCUT2D eigenvalue weighted by Crippen LogP contribution is -2.35. The Morgan fingerprint density at radius 2 is 1.93 bits per heavy atom. The summed E-state index contributed by atoms with van der Waals surface area (Å²) in [6.07, 6.45) is -0.728. The molecular formula is C10H20O4. The topological polar surface area (TPSA) is 66.8 Å². The van der Waals surface area contributed by atoms with E-state index in [9.17, 15) is 4.79 Å². The van der Waals surface area contributed by atoms with E-state index in [2.05, 4.69) is 0 Å². The Morgan fingerprint density at radius 3 is 2.21 bits per heavy atom. The van der Waals surface area contributed by atoms with Gasteiger partial charge in [-0.3, -0.25) is 4.79 Å². The highest BCUT2D eigenvalue weighted by Crippen LogP contribution is 2.25. The van der Waals surface area contributed by atoms with Crippen molar-refractivity contribution in [1.82, 2.24) is 0 Å². The van der Waals surface area contributed by atoms with Crippen LogP contribution in [-0.2, 0) is 9.53 Å². The van der Waals surface area contributed by atoms with Crippen LogP contribution >= 0.6 is 0 Å². The molecule has 0 aromatic carbocycles. The summed E-state index contributed by atoms with van der Waals surface area (Å²) in [4.78, 5) is 10.6. The molecule has 0 bridgehead atoms. The normalized spacial score (nSPS) is 16.4. The van der Waals surface area contributed by atoms with Gasteiger partial charge in [-0.25, -0.2) is 0 Å². The molecule has 0 saturated heterocycles. The molecule has 1 unspecified atom stereocenters. The fraction of sp³-hybridized carbons (Fsp3) is 0.900. The zero-order valence-corrected chi connectivity index (χ0v) is 9.28. The van der Waals surface area contributed by atoms with Crippen LogP contribution in [0.15, 0.2) is 0 Å². The third-order valence-corrected chi connectivity index (χ3v) is 1.98. The molecule has 14 heavy (non-hydrogen) atoms. The van der Waals surface area contributed by atoms with E-state index in [1.165, 1.54) is 0 Å². The van der Waals surface area contributed by atoms with Crippen molar-refractivity contribution in [3.63, 3.8) is 0 Å². The molecular weight excluding hydrogens is 184 g/mol. The molecule has 0 aliphatic carbocycles. The highest BCUT2D eigenvalue weighted by atomic mass is 16.5. The second-order valence-corrected chi connectivity index (χ2v) is 4.58. The zero-order chi connectivity index (χ0) is 11.4. The Morgan fingerprint density at radius 1 is 1.43 bits per heavy atom. The monoisotopic (exact) mass is 204 g/mol. The van der Waals surface area contributed by atoms with Gasteiger partial charge in [0.25, 0.3) is 0 Å². The van der Waals surface area contributed by atoms with Gasteiger partial charge in [0.05, 0.1) is 25.2 Å². The minimum atomic E-state index is -0.880. The largest absolute Gasteiger partial charge is 0.481 e. The van der Waals surface area contributed by atoms with Gasteiger partial charge in [-0.15, -0.1) is 0 Å². The number of carbonyl (C=O) groups is 1. The lowest BCUT2D eigenvalue weighted by Gasteiger charge is -2.31. The van der Waals surface area contributed by atoms with Crippen LogP contribution in [0.2, 0.25) is 0 Å². The number of hydrogen-bond donors (Lipinski definition) is 2. The molecule has 0 rings (SSSR count). The van der Waals surface area contributed by atoms with E-state index in [1.807, 2.05) is 20.8 Å². The summed E-state index contributed by atoms with van der Waals surface area (Å²) in [6, 6.07) is 0. The summed E-state index contributed by atoms with van der Waals surface area (Å²) in [5.41, 5.74) is -0.234. The molecule has 0 amide bonds. The number of aliphatic hydroxyl groups excluding tert-OH is 1. The molecule has 0 aromatic heterocycles. The number of rotatable bonds is 5. The van der Waals surface area contributed by atoms with Crippen molar-refractivity contribution in [1.29, 1.82) is 0 Å². The summed E-state index contributed by atoms with van der Waals surface area (Å²) >= 11 is 0. The summed E-state index contributed by atoms with van der Waals surface area (Å²) < 4.78 is 5.44. The van der Waals surface area contributed by atoms with Crippen LogP contribution in [0.3, 0.4) is 0 Å². The summed E-state index contributed by atoms with van der Waals surface area (Å²) in [5, 5.41) is 17.5. The van der Waals surface area contributed by atoms with Gasteiger partial charge in [-0.1, -0.05) is 20.8 Å². The first-order chi connectivity index (χ1) is 6.27. The predicted molar refractivity (Wildman–Crippen MR) is 53.1 cm³/mol. The van der Waals surface area contributed by atoms with Crippen molar-refractivity contribution < 1.29 is 19.7 Å². The second-order valence-electron chi connectivity index (χ2n) is 4.58. The van der Waals surface area contributed by atoms with E-state index in [4.69, 9.17) is 14.9 Å². The van der Waals surface area contributed by atoms with Gasteiger partial charge in [0.2, 0.25) is 0 Å². The van der Waals surface area contributed by atoms with E-state index in [-0.39, 0.29) is 30.7 Å². The molecule has 84 valence electrons. The Bertz CT molecular complexity index is 183. The quantitative estimate of drug-likeness (QED) is 0.707. The molecule has 0 fully saturated rings. The van der Waals surface area contributed by atoms with Crippen LogP contribution < -0.4 is 0 Å². The smallest absolute Gasteiger partial charge is 0.306 e. The standard InChI is InChI=1S/C10H20O4/c1-7(6-11)14-8(5-9(12)13)10(2,3)4/h7-8,11H,5-6H2,1-4H3,(H,12,13)/t7-,8?/m0/s1. The van der Waals surface area contributed by atoms with Crippen LogP contribution in [0.25, 0.3) is 0 Å².